The highest BCUT2D eigenvalue weighted by Gasteiger charge is 1.92. The molecule has 48 valence electrons. The molecule has 1 aromatic carbocycles. The molecule has 0 amide bonds. The molecule has 2 nitrogen and oxygen atoms in total. The van der Waals surface area contributed by atoms with Gasteiger partial charge in [0.05, 0.1) is 0 Å². The lowest BCUT2D eigenvalue weighted by atomic mass is 9.94. The van der Waals surface area contributed by atoms with Gasteiger partial charge >= 0.3 is 0 Å². The van der Waals surface area contributed by atoms with Crippen molar-refractivity contribution in [2.24, 2.45) is 5.73 Å². The van der Waals surface area contributed by atoms with Gasteiger partial charge in [0.15, 0.2) is 0 Å². The number of hydrogen-bond acceptors (Lipinski definition) is 1. The lowest BCUT2D eigenvalue weighted by Crippen LogP contribution is -2.14. The first kappa shape index (κ1) is 6.87. The minimum atomic E-state index is 0.0484. The molecule has 0 aliphatic heterocycles. The van der Waals surface area contributed by atoms with Gasteiger partial charge in [-0.1, -0.05) is 29.7 Å². The molecule has 1 rings (SSSR count). The van der Waals surface area contributed by atoms with E-state index in [4.69, 9.17) is 19.0 Å². The van der Waals surface area contributed by atoms with Crippen LogP contribution in [0.15, 0.2) is 24.3 Å². The maximum Gasteiger partial charge on any atom is 0.122 e. The molecule has 1 aromatic rings. The van der Waals surface area contributed by atoms with Gasteiger partial charge in [0, 0.05) is 5.56 Å². The molecule has 0 unspecified atom stereocenters. The smallest absolute Gasteiger partial charge is 0.122 e. The number of nitrogen functional groups attached to an aromatic ring is 1. The van der Waals surface area contributed by atoms with E-state index in [1.54, 1.807) is 24.3 Å². The summed E-state index contributed by atoms with van der Waals surface area (Å²) in [6.07, 6.45) is 0. The van der Waals surface area contributed by atoms with Crippen LogP contribution in [0.3, 0.4) is 0 Å². The average Bonchev–Trinajstić information content (AvgIpc) is 1.88. The number of nitrogens with two attached hydrogens (primary N) is 1. The lowest BCUT2D eigenvalue weighted by molar-refractivity contribution is 1.43. The minimum absolute atomic E-state index is 0.0484. The van der Waals surface area contributed by atoms with Crippen molar-refractivity contribution in [3.63, 3.8) is 0 Å². The Bertz CT molecular complexity index is 258. The van der Waals surface area contributed by atoms with Crippen molar-refractivity contribution in [1.29, 1.82) is 5.41 Å². The maximum absolute atomic E-state index is 7.05. The van der Waals surface area contributed by atoms with E-state index in [0.29, 0.717) is 11.0 Å². The fourth-order valence-electron chi connectivity index (χ4n) is 0.706. The summed E-state index contributed by atoms with van der Waals surface area (Å²) in [4.78, 5) is 0. The Labute approximate surface area is 61.0 Å². The van der Waals surface area contributed by atoms with Crippen LogP contribution >= 0.6 is 0 Å². The van der Waals surface area contributed by atoms with Crippen LogP contribution in [-0.2, 0) is 0 Å². The molecule has 0 atom stereocenters. The Hall–Kier alpha value is -1.25. The molecule has 0 saturated carbocycles. The fraction of sp³-hybridized carbons (Fsp3) is 0. The predicted molar refractivity (Wildman–Crippen MR) is 42.8 cm³/mol. The van der Waals surface area contributed by atoms with E-state index in [0.717, 1.165) is 0 Å². The Morgan fingerprint density at radius 1 is 1.50 bits per heavy atom. The molecular weight excluding hydrogens is 123 g/mol. The van der Waals surface area contributed by atoms with Crippen LogP contribution in [0.5, 0.6) is 0 Å². The summed E-state index contributed by atoms with van der Waals surface area (Å²) in [6, 6.07) is 6.94. The van der Waals surface area contributed by atoms with E-state index >= 15 is 0 Å². The van der Waals surface area contributed by atoms with Crippen LogP contribution in [0.2, 0.25) is 0 Å². The van der Waals surface area contributed by atoms with Crippen LogP contribution in [0.1, 0.15) is 5.56 Å². The summed E-state index contributed by atoms with van der Waals surface area (Å²) in [6.45, 7) is 0. The monoisotopic (exact) mass is 130 g/mol. The first-order valence-corrected chi connectivity index (χ1v) is 2.90. The summed E-state index contributed by atoms with van der Waals surface area (Å²) in [5.74, 6) is 0.0484. The number of hydrogen-bond donors (Lipinski definition) is 2. The lowest BCUT2D eigenvalue weighted by Gasteiger charge is -1.97. The third-order valence-electron chi connectivity index (χ3n) is 1.20. The highest BCUT2D eigenvalue weighted by atomic mass is 14.7. The van der Waals surface area contributed by atoms with Crippen LogP contribution in [0.25, 0.3) is 0 Å². The van der Waals surface area contributed by atoms with Gasteiger partial charge in [-0.05, 0) is 0 Å². The van der Waals surface area contributed by atoms with E-state index in [2.05, 4.69) is 0 Å². The fourth-order valence-corrected chi connectivity index (χ4v) is 0.706. The topological polar surface area (TPSA) is 49.9 Å². The van der Waals surface area contributed by atoms with Gasteiger partial charge in [-0.3, -0.25) is 5.41 Å². The maximum atomic E-state index is 7.05. The Kier molecular flexibility index (Phi) is 1.76. The highest BCUT2D eigenvalue weighted by Crippen LogP contribution is 1.92. The normalized spacial score (nSPS) is 9.20. The van der Waals surface area contributed by atoms with Crippen LogP contribution < -0.4 is 11.2 Å². The van der Waals surface area contributed by atoms with Crippen molar-refractivity contribution < 1.29 is 0 Å². The van der Waals surface area contributed by atoms with Crippen molar-refractivity contribution in [1.82, 2.24) is 0 Å². The first-order valence-electron chi connectivity index (χ1n) is 2.90. The van der Waals surface area contributed by atoms with Crippen molar-refractivity contribution in [3.05, 3.63) is 29.8 Å². The molecule has 3 heteroatoms. The van der Waals surface area contributed by atoms with E-state index in [1.807, 2.05) is 0 Å². The van der Waals surface area contributed by atoms with Crippen molar-refractivity contribution in [2.45, 2.75) is 0 Å². The average molecular weight is 130 g/mol. The van der Waals surface area contributed by atoms with Gasteiger partial charge in [-0.15, -0.1) is 0 Å². The molecule has 0 aliphatic rings. The summed E-state index contributed by atoms with van der Waals surface area (Å²) in [5.41, 5.74) is 6.51. The molecule has 0 spiro atoms. The summed E-state index contributed by atoms with van der Waals surface area (Å²) >= 11 is 0. The summed E-state index contributed by atoms with van der Waals surface area (Å²) in [5, 5.41) is 7.05. The van der Waals surface area contributed by atoms with Crippen LogP contribution in [-0.4, -0.2) is 13.7 Å². The molecule has 3 N–H and O–H groups in total. The molecule has 0 aliphatic carbocycles. The van der Waals surface area contributed by atoms with Gasteiger partial charge in [-0.2, -0.15) is 0 Å². The predicted octanol–water partition coefficient (Wildman–Crippen LogP) is -0.236. The second-order valence-corrected chi connectivity index (χ2v) is 2.04. The zero-order chi connectivity index (χ0) is 7.56. The van der Waals surface area contributed by atoms with Gasteiger partial charge < -0.3 is 5.73 Å². The molecule has 0 bridgehead atoms. The molecule has 0 aromatic heterocycles. The zero-order valence-corrected chi connectivity index (χ0v) is 5.46. The second-order valence-electron chi connectivity index (χ2n) is 2.04. The Morgan fingerprint density at radius 3 is 2.60 bits per heavy atom. The first-order chi connectivity index (χ1) is 4.70. The van der Waals surface area contributed by atoms with Crippen molar-refractivity contribution >= 4 is 19.1 Å². The van der Waals surface area contributed by atoms with Crippen LogP contribution in [0, 0.1) is 5.41 Å². The van der Waals surface area contributed by atoms with Gasteiger partial charge in [0.1, 0.15) is 13.7 Å². The SMILES string of the molecule is [B]c1cccc(C(=N)N)c1. The molecular formula is C7H7BN2. The van der Waals surface area contributed by atoms with Crippen molar-refractivity contribution in [3.8, 4) is 0 Å². The van der Waals surface area contributed by atoms with E-state index in [1.165, 1.54) is 0 Å². The third-order valence-corrected chi connectivity index (χ3v) is 1.20. The number of amidine groups is 1. The summed E-state index contributed by atoms with van der Waals surface area (Å²) < 4.78 is 0. The quantitative estimate of drug-likeness (QED) is 0.307. The Balaban J connectivity index is 3.07. The highest BCUT2D eigenvalue weighted by molar-refractivity contribution is 6.32. The van der Waals surface area contributed by atoms with Crippen LogP contribution in [0.4, 0.5) is 0 Å². The van der Waals surface area contributed by atoms with E-state index < -0.39 is 0 Å². The van der Waals surface area contributed by atoms with Gasteiger partial charge in [0.2, 0.25) is 0 Å². The molecule has 0 fully saturated rings. The zero-order valence-electron chi connectivity index (χ0n) is 5.46. The standard InChI is InChI=1S/C7H7BN2/c8-6-3-1-2-5(4-6)7(9)10/h1-4H,(H3,9,10). The molecule has 0 saturated heterocycles. The molecule has 0 heterocycles. The number of nitrogens with one attached hydrogen (secondary N) is 1. The van der Waals surface area contributed by atoms with Gasteiger partial charge in [0.25, 0.3) is 0 Å². The van der Waals surface area contributed by atoms with E-state index in [9.17, 15) is 0 Å². The van der Waals surface area contributed by atoms with Crippen molar-refractivity contribution in [2.75, 3.05) is 0 Å². The number of benzene rings is 1. The third kappa shape index (κ3) is 1.38. The largest absolute Gasteiger partial charge is 0.384 e. The number of rotatable bonds is 1. The van der Waals surface area contributed by atoms with Gasteiger partial charge in [-0.25, -0.2) is 0 Å². The summed E-state index contributed by atoms with van der Waals surface area (Å²) in [7, 11) is 5.44. The molecule has 10 heavy (non-hydrogen) atoms. The molecule has 2 radical (unpaired) electrons. The second kappa shape index (κ2) is 2.56. The van der Waals surface area contributed by atoms with E-state index in [-0.39, 0.29) is 5.84 Å². The Morgan fingerprint density at radius 2 is 2.20 bits per heavy atom. The minimum Gasteiger partial charge on any atom is -0.384 e.